The van der Waals surface area contributed by atoms with Crippen LogP contribution in [0, 0.1) is 37.5 Å². The van der Waals surface area contributed by atoms with Gasteiger partial charge in [0.15, 0.2) is 0 Å². The fourth-order valence-corrected chi connectivity index (χ4v) is 5.84. The molecule has 4 aliphatic rings. The molecule has 5 rings (SSSR count). The summed E-state index contributed by atoms with van der Waals surface area (Å²) in [5.41, 5.74) is 4.26. The summed E-state index contributed by atoms with van der Waals surface area (Å²) in [7, 11) is 0. The molecule has 0 aliphatic heterocycles. The Morgan fingerprint density at radius 2 is 1.38 bits per heavy atom. The molecule has 114 valence electrons. The third-order valence-corrected chi connectivity index (χ3v) is 6.41. The second-order valence-electron chi connectivity index (χ2n) is 8.27. The maximum atomic E-state index is 4.03. The average Bonchev–Trinajstić information content (AvgIpc) is 2.40. The molecule has 1 unspecified atom stereocenters. The van der Waals surface area contributed by atoms with Crippen molar-refractivity contribution >= 4 is 0 Å². The van der Waals surface area contributed by atoms with Gasteiger partial charge in [-0.05, 0) is 82.1 Å². The number of hydrogen-bond donors (Lipinski definition) is 1. The van der Waals surface area contributed by atoms with Gasteiger partial charge in [0.05, 0.1) is 0 Å². The lowest BCUT2D eigenvalue weighted by Gasteiger charge is -2.55. The Balaban J connectivity index is 1.50. The molecule has 0 saturated heterocycles. The van der Waals surface area contributed by atoms with Crippen LogP contribution in [0.2, 0.25) is 0 Å². The minimum Gasteiger partial charge on any atom is -0.307 e. The lowest BCUT2D eigenvalue weighted by Crippen LogP contribution is -2.54. The molecule has 1 heteroatoms. The fraction of sp³-hybridized carbons (Fsp3) is 0.700. The smallest absolute Gasteiger partial charge is 0.0294 e. The quantitative estimate of drug-likeness (QED) is 0.842. The van der Waals surface area contributed by atoms with Crippen molar-refractivity contribution in [2.75, 3.05) is 0 Å². The van der Waals surface area contributed by atoms with E-state index in [0.29, 0.717) is 6.04 Å². The molecule has 0 radical (unpaired) electrons. The van der Waals surface area contributed by atoms with Crippen molar-refractivity contribution in [3.05, 3.63) is 34.9 Å². The van der Waals surface area contributed by atoms with E-state index in [1.54, 1.807) is 6.42 Å². The van der Waals surface area contributed by atoms with E-state index in [4.69, 9.17) is 0 Å². The first kappa shape index (κ1) is 13.8. The monoisotopic (exact) mass is 283 g/mol. The second-order valence-corrected chi connectivity index (χ2v) is 8.27. The summed E-state index contributed by atoms with van der Waals surface area (Å²) in [4.78, 5) is 0. The van der Waals surface area contributed by atoms with E-state index in [-0.39, 0.29) is 0 Å². The van der Waals surface area contributed by atoms with Crippen molar-refractivity contribution in [1.82, 2.24) is 5.32 Å². The predicted octanol–water partition coefficient (Wildman–Crippen LogP) is 4.78. The van der Waals surface area contributed by atoms with Crippen LogP contribution in [-0.4, -0.2) is 6.04 Å². The number of nitrogens with one attached hydrogen (secondary N) is 1. The van der Waals surface area contributed by atoms with Crippen LogP contribution < -0.4 is 5.32 Å². The third-order valence-electron chi connectivity index (χ3n) is 6.41. The zero-order chi connectivity index (χ0) is 14.6. The predicted molar refractivity (Wildman–Crippen MR) is 88.3 cm³/mol. The van der Waals surface area contributed by atoms with Gasteiger partial charge in [0.1, 0.15) is 0 Å². The third kappa shape index (κ3) is 2.54. The number of benzene rings is 1. The molecule has 4 saturated carbocycles. The number of rotatable bonds is 3. The summed E-state index contributed by atoms with van der Waals surface area (Å²) in [6, 6.07) is 8.28. The molecule has 1 aromatic carbocycles. The molecule has 0 aromatic heterocycles. The van der Waals surface area contributed by atoms with E-state index >= 15 is 0 Å². The van der Waals surface area contributed by atoms with Gasteiger partial charge in [0.2, 0.25) is 0 Å². The molecule has 1 nitrogen and oxygen atoms in total. The van der Waals surface area contributed by atoms with E-state index in [1.807, 2.05) is 0 Å². The van der Waals surface area contributed by atoms with Gasteiger partial charge < -0.3 is 5.32 Å². The summed E-state index contributed by atoms with van der Waals surface area (Å²) in [5.74, 6) is 4.08. The van der Waals surface area contributed by atoms with Crippen LogP contribution in [0.15, 0.2) is 18.2 Å². The van der Waals surface area contributed by atoms with Gasteiger partial charge in [-0.2, -0.15) is 0 Å². The standard InChI is InChI=1S/C20H29N/c1-12-4-13(2)6-17(5-12)14(3)21-20-18-8-15-7-16(10-18)11-19(20)9-15/h4-6,14-16,18-21H,7-11H2,1-3H3. The van der Waals surface area contributed by atoms with Gasteiger partial charge in [-0.15, -0.1) is 0 Å². The molecule has 4 aliphatic carbocycles. The van der Waals surface area contributed by atoms with E-state index in [9.17, 15) is 0 Å². The van der Waals surface area contributed by atoms with Gasteiger partial charge in [0, 0.05) is 12.1 Å². The second kappa shape index (κ2) is 5.12. The number of aryl methyl sites for hydroxylation is 2. The first-order chi connectivity index (χ1) is 10.1. The molecule has 4 bridgehead atoms. The summed E-state index contributed by atoms with van der Waals surface area (Å²) in [5, 5.41) is 4.03. The maximum Gasteiger partial charge on any atom is 0.0294 e. The van der Waals surface area contributed by atoms with Crippen molar-refractivity contribution in [3.63, 3.8) is 0 Å². The molecule has 0 spiro atoms. The Bertz CT molecular complexity index is 484. The summed E-state index contributed by atoms with van der Waals surface area (Å²) in [6.07, 6.45) is 7.56. The molecular formula is C20H29N. The Kier molecular flexibility index (Phi) is 3.37. The van der Waals surface area contributed by atoms with E-state index in [2.05, 4.69) is 44.3 Å². The van der Waals surface area contributed by atoms with Gasteiger partial charge in [-0.3, -0.25) is 0 Å². The van der Waals surface area contributed by atoms with Crippen molar-refractivity contribution < 1.29 is 0 Å². The molecule has 1 atom stereocenters. The Morgan fingerprint density at radius 3 is 1.90 bits per heavy atom. The molecular weight excluding hydrogens is 254 g/mol. The highest BCUT2D eigenvalue weighted by Crippen LogP contribution is 2.54. The van der Waals surface area contributed by atoms with E-state index in [1.165, 1.54) is 42.4 Å². The fourth-order valence-electron chi connectivity index (χ4n) is 5.84. The van der Waals surface area contributed by atoms with Crippen LogP contribution in [0.25, 0.3) is 0 Å². The van der Waals surface area contributed by atoms with Crippen LogP contribution in [0.1, 0.15) is 61.8 Å². The van der Waals surface area contributed by atoms with Crippen LogP contribution >= 0.6 is 0 Å². The van der Waals surface area contributed by atoms with Gasteiger partial charge in [0.25, 0.3) is 0 Å². The lowest BCUT2D eigenvalue weighted by atomic mass is 9.54. The molecule has 21 heavy (non-hydrogen) atoms. The topological polar surface area (TPSA) is 12.0 Å². The first-order valence-corrected chi connectivity index (χ1v) is 8.92. The minimum atomic E-state index is 0.492. The highest BCUT2D eigenvalue weighted by Gasteiger charge is 2.48. The summed E-state index contributed by atoms with van der Waals surface area (Å²) in [6.45, 7) is 6.79. The van der Waals surface area contributed by atoms with Crippen molar-refractivity contribution in [1.29, 1.82) is 0 Å². The van der Waals surface area contributed by atoms with Crippen molar-refractivity contribution in [2.45, 2.75) is 65.0 Å². The largest absolute Gasteiger partial charge is 0.307 e. The molecule has 0 amide bonds. The Morgan fingerprint density at radius 1 is 0.857 bits per heavy atom. The Labute approximate surface area is 129 Å². The highest BCUT2D eigenvalue weighted by atomic mass is 15.0. The van der Waals surface area contributed by atoms with E-state index < -0.39 is 0 Å². The van der Waals surface area contributed by atoms with Crippen LogP contribution in [0.3, 0.4) is 0 Å². The van der Waals surface area contributed by atoms with Gasteiger partial charge >= 0.3 is 0 Å². The lowest BCUT2D eigenvalue weighted by molar-refractivity contribution is -0.0171. The molecule has 1 N–H and O–H groups in total. The number of hydrogen-bond acceptors (Lipinski definition) is 1. The van der Waals surface area contributed by atoms with Crippen LogP contribution in [0.5, 0.6) is 0 Å². The molecule has 1 aromatic rings. The van der Waals surface area contributed by atoms with Crippen LogP contribution in [0.4, 0.5) is 0 Å². The summed E-state index contributed by atoms with van der Waals surface area (Å²) >= 11 is 0. The normalized spacial score (nSPS) is 38.7. The van der Waals surface area contributed by atoms with Crippen molar-refractivity contribution in [2.24, 2.45) is 23.7 Å². The van der Waals surface area contributed by atoms with E-state index in [0.717, 1.165) is 29.7 Å². The average molecular weight is 283 g/mol. The Hall–Kier alpha value is -0.820. The van der Waals surface area contributed by atoms with Crippen molar-refractivity contribution in [3.8, 4) is 0 Å². The zero-order valence-electron chi connectivity index (χ0n) is 13.7. The maximum absolute atomic E-state index is 4.03. The zero-order valence-corrected chi connectivity index (χ0v) is 13.7. The van der Waals surface area contributed by atoms with Gasteiger partial charge in [-0.25, -0.2) is 0 Å². The highest BCUT2D eigenvalue weighted by molar-refractivity contribution is 5.30. The van der Waals surface area contributed by atoms with Crippen LogP contribution in [-0.2, 0) is 0 Å². The van der Waals surface area contributed by atoms with Gasteiger partial charge in [-0.1, -0.05) is 29.3 Å². The SMILES string of the molecule is Cc1cc(C)cc(C(C)NC2C3CC4CC(C3)CC2C4)c1. The first-order valence-electron chi connectivity index (χ1n) is 8.92. The minimum absolute atomic E-state index is 0.492. The summed E-state index contributed by atoms with van der Waals surface area (Å²) < 4.78 is 0. The molecule has 0 heterocycles. The molecule has 4 fully saturated rings.